The first-order valence-electron chi connectivity index (χ1n) is 7.83. The van der Waals surface area contributed by atoms with E-state index in [1.165, 1.54) is 19.3 Å². The van der Waals surface area contributed by atoms with Crippen LogP contribution in [0.2, 0.25) is 0 Å². The Bertz CT molecular complexity index is 256. The van der Waals surface area contributed by atoms with Crippen LogP contribution in [-0.2, 0) is 14.3 Å². The molecule has 0 saturated carbocycles. The lowest BCUT2D eigenvalue weighted by Crippen LogP contribution is -2.34. The molecule has 0 unspecified atom stereocenters. The normalized spacial score (nSPS) is 25.1. The van der Waals surface area contributed by atoms with Crippen LogP contribution < -0.4 is 0 Å². The van der Waals surface area contributed by atoms with Gasteiger partial charge in [0.2, 0.25) is 5.91 Å². The second kappa shape index (κ2) is 8.54. The van der Waals surface area contributed by atoms with Crippen LogP contribution in [0.5, 0.6) is 0 Å². The number of likely N-dealkylation sites (tertiary alicyclic amines) is 1. The van der Waals surface area contributed by atoms with Gasteiger partial charge in [0.15, 0.2) is 0 Å². The van der Waals surface area contributed by atoms with Gasteiger partial charge in [-0.25, -0.2) is 0 Å². The Kier molecular flexibility index (Phi) is 6.65. The maximum atomic E-state index is 12.1. The van der Waals surface area contributed by atoms with Crippen molar-refractivity contribution in [2.45, 2.75) is 57.5 Å². The Morgan fingerprint density at radius 3 is 2.53 bits per heavy atom. The first kappa shape index (κ1) is 14.8. The molecule has 2 heterocycles. The summed E-state index contributed by atoms with van der Waals surface area (Å²) in [7, 11) is 0. The molecule has 2 aliphatic heterocycles. The number of rotatable bonds is 5. The van der Waals surface area contributed by atoms with E-state index >= 15 is 0 Å². The molecule has 0 N–H and O–H groups in total. The summed E-state index contributed by atoms with van der Waals surface area (Å²) in [5.41, 5.74) is 0. The molecule has 0 spiro atoms. The summed E-state index contributed by atoms with van der Waals surface area (Å²) in [6.45, 7) is 3.92. The summed E-state index contributed by atoms with van der Waals surface area (Å²) in [4.78, 5) is 14.1. The van der Waals surface area contributed by atoms with Crippen molar-refractivity contribution < 1.29 is 14.3 Å². The van der Waals surface area contributed by atoms with Gasteiger partial charge in [0.1, 0.15) is 0 Å². The van der Waals surface area contributed by atoms with Gasteiger partial charge < -0.3 is 14.4 Å². The average Bonchev–Trinajstić information content (AvgIpc) is 2.87. The van der Waals surface area contributed by atoms with Crippen molar-refractivity contribution in [1.29, 1.82) is 0 Å². The zero-order valence-electron chi connectivity index (χ0n) is 11.9. The van der Waals surface area contributed by atoms with E-state index < -0.39 is 0 Å². The third kappa shape index (κ3) is 5.49. The predicted octanol–water partition coefficient (Wildman–Crippen LogP) is 2.36. The lowest BCUT2D eigenvalue weighted by Gasteiger charge is -2.24. The Morgan fingerprint density at radius 2 is 1.84 bits per heavy atom. The maximum absolute atomic E-state index is 12.1. The zero-order chi connectivity index (χ0) is 13.3. The van der Waals surface area contributed by atoms with E-state index in [4.69, 9.17) is 9.47 Å². The molecule has 2 fully saturated rings. The molecular formula is C15H27NO3. The minimum atomic E-state index is 0.259. The minimum absolute atomic E-state index is 0.259. The van der Waals surface area contributed by atoms with Crippen LogP contribution in [0, 0.1) is 0 Å². The van der Waals surface area contributed by atoms with Gasteiger partial charge in [0, 0.05) is 19.7 Å². The molecule has 0 aliphatic carbocycles. The van der Waals surface area contributed by atoms with Crippen molar-refractivity contribution in [2.24, 2.45) is 0 Å². The largest absolute Gasteiger partial charge is 0.378 e. The summed E-state index contributed by atoms with van der Waals surface area (Å²) in [5.74, 6) is 0.259. The molecule has 110 valence electrons. The van der Waals surface area contributed by atoms with Crippen LogP contribution in [0.1, 0.15) is 51.4 Å². The molecule has 0 bridgehead atoms. The molecule has 4 heteroatoms. The molecule has 19 heavy (non-hydrogen) atoms. The summed E-state index contributed by atoms with van der Waals surface area (Å²) in [6.07, 6.45) is 9.18. The van der Waals surface area contributed by atoms with Crippen molar-refractivity contribution in [2.75, 3.05) is 32.9 Å². The van der Waals surface area contributed by atoms with Crippen LogP contribution >= 0.6 is 0 Å². The number of hydrogen-bond donors (Lipinski definition) is 0. The highest BCUT2D eigenvalue weighted by molar-refractivity contribution is 5.76. The van der Waals surface area contributed by atoms with Gasteiger partial charge >= 0.3 is 0 Å². The molecule has 2 rings (SSSR count). The average molecular weight is 269 g/mol. The Balaban J connectivity index is 1.57. The van der Waals surface area contributed by atoms with E-state index in [9.17, 15) is 4.79 Å². The standard InChI is InChI=1S/C15H27NO3/c17-15(16-9-4-2-1-3-5-10-16)8-12-18-13-14-7-6-11-19-14/h14H,1-13H2/t14-/m1/s1. The fourth-order valence-electron chi connectivity index (χ4n) is 2.81. The van der Waals surface area contributed by atoms with Gasteiger partial charge in [0.05, 0.1) is 25.7 Å². The molecule has 0 aromatic carbocycles. The maximum Gasteiger partial charge on any atom is 0.224 e. The summed E-state index contributed by atoms with van der Waals surface area (Å²) in [6, 6.07) is 0. The molecule has 2 saturated heterocycles. The summed E-state index contributed by atoms with van der Waals surface area (Å²) < 4.78 is 11.0. The Hall–Kier alpha value is -0.610. The van der Waals surface area contributed by atoms with Gasteiger partial charge in [-0.2, -0.15) is 0 Å². The Labute approximate surface area is 116 Å². The van der Waals surface area contributed by atoms with Gasteiger partial charge in [-0.05, 0) is 25.7 Å². The number of nitrogens with zero attached hydrogens (tertiary/aromatic N) is 1. The van der Waals surface area contributed by atoms with Gasteiger partial charge in [-0.3, -0.25) is 4.79 Å². The van der Waals surface area contributed by atoms with E-state index in [1.807, 2.05) is 4.90 Å². The highest BCUT2D eigenvalue weighted by Crippen LogP contribution is 2.13. The van der Waals surface area contributed by atoms with E-state index in [0.717, 1.165) is 45.4 Å². The number of amides is 1. The Morgan fingerprint density at radius 1 is 1.11 bits per heavy atom. The number of hydrogen-bond acceptors (Lipinski definition) is 3. The predicted molar refractivity (Wildman–Crippen MR) is 74.1 cm³/mol. The van der Waals surface area contributed by atoms with Gasteiger partial charge in [-0.15, -0.1) is 0 Å². The first-order valence-corrected chi connectivity index (χ1v) is 7.83. The van der Waals surface area contributed by atoms with E-state index in [2.05, 4.69) is 0 Å². The number of carbonyl (C=O) groups is 1. The second-order valence-electron chi connectivity index (χ2n) is 5.61. The van der Waals surface area contributed by atoms with E-state index in [1.54, 1.807) is 0 Å². The van der Waals surface area contributed by atoms with Crippen molar-refractivity contribution in [3.8, 4) is 0 Å². The smallest absolute Gasteiger partial charge is 0.224 e. The third-order valence-corrected chi connectivity index (χ3v) is 4.00. The van der Waals surface area contributed by atoms with Crippen molar-refractivity contribution >= 4 is 5.91 Å². The highest BCUT2D eigenvalue weighted by atomic mass is 16.5. The molecule has 0 aromatic rings. The number of carbonyl (C=O) groups excluding carboxylic acids is 1. The molecule has 4 nitrogen and oxygen atoms in total. The van der Waals surface area contributed by atoms with Crippen LogP contribution in [-0.4, -0.2) is 49.8 Å². The second-order valence-corrected chi connectivity index (χ2v) is 5.61. The monoisotopic (exact) mass is 269 g/mol. The highest BCUT2D eigenvalue weighted by Gasteiger charge is 2.17. The van der Waals surface area contributed by atoms with Gasteiger partial charge in [0.25, 0.3) is 0 Å². The quantitative estimate of drug-likeness (QED) is 0.719. The van der Waals surface area contributed by atoms with Crippen LogP contribution in [0.3, 0.4) is 0 Å². The fraction of sp³-hybridized carbons (Fsp3) is 0.933. The third-order valence-electron chi connectivity index (χ3n) is 4.00. The van der Waals surface area contributed by atoms with Crippen molar-refractivity contribution in [1.82, 2.24) is 4.90 Å². The zero-order valence-corrected chi connectivity index (χ0v) is 11.9. The molecule has 2 aliphatic rings. The van der Waals surface area contributed by atoms with Crippen LogP contribution in [0.15, 0.2) is 0 Å². The topological polar surface area (TPSA) is 38.8 Å². The minimum Gasteiger partial charge on any atom is -0.378 e. The van der Waals surface area contributed by atoms with Crippen molar-refractivity contribution in [3.63, 3.8) is 0 Å². The van der Waals surface area contributed by atoms with Crippen LogP contribution in [0.25, 0.3) is 0 Å². The lowest BCUT2D eigenvalue weighted by atomic mass is 10.1. The van der Waals surface area contributed by atoms with Crippen molar-refractivity contribution in [3.05, 3.63) is 0 Å². The van der Waals surface area contributed by atoms with Gasteiger partial charge in [-0.1, -0.05) is 19.3 Å². The van der Waals surface area contributed by atoms with Crippen LogP contribution in [0.4, 0.5) is 0 Å². The molecule has 0 radical (unpaired) electrons. The van der Waals surface area contributed by atoms with E-state index in [-0.39, 0.29) is 12.0 Å². The summed E-state index contributed by atoms with van der Waals surface area (Å²) in [5, 5.41) is 0. The molecule has 0 aromatic heterocycles. The molecule has 1 amide bonds. The van der Waals surface area contributed by atoms with E-state index in [0.29, 0.717) is 19.6 Å². The number of ether oxygens (including phenoxy) is 2. The fourth-order valence-corrected chi connectivity index (χ4v) is 2.81. The SMILES string of the molecule is O=C(CCOC[C@H]1CCCO1)N1CCCCCCC1. The lowest BCUT2D eigenvalue weighted by molar-refractivity contribution is -0.133. The molecule has 1 atom stereocenters. The summed E-state index contributed by atoms with van der Waals surface area (Å²) >= 11 is 0. The first-order chi connectivity index (χ1) is 9.36. The molecular weight excluding hydrogens is 242 g/mol.